The molecule has 4 nitrogen and oxygen atoms in total. The van der Waals surface area contributed by atoms with E-state index >= 15 is 0 Å². The molecule has 4 heteroatoms. The minimum atomic E-state index is 0.131. The van der Waals surface area contributed by atoms with Crippen LogP contribution in [0.4, 0.5) is 4.79 Å². The molecule has 1 unspecified atom stereocenters. The zero-order chi connectivity index (χ0) is 10.6. The topological polar surface area (TPSA) is 49.6 Å². The number of urea groups is 1. The first kappa shape index (κ1) is 11.3. The van der Waals surface area contributed by atoms with Crippen LogP contribution in [0.2, 0.25) is 0 Å². The highest BCUT2D eigenvalue weighted by Crippen LogP contribution is 2.19. The zero-order valence-corrected chi connectivity index (χ0v) is 9.20. The van der Waals surface area contributed by atoms with Gasteiger partial charge in [-0.05, 0) is 31.7 Å². The molecule has 0 bridgehead atoms. The lowest BCUT2D eigenvalue weighted by atomic mass is 9.95. The van der Waals surface area contributed by atoms with Crippen molar-refractivity contribution < 1.29 is 4.79 Å². The molecule has 0 aromatic carbocycles. The van der Waals surface area contributed by atoms with Crippen LogP contribution in [0.25, 0.3) is 0 Å². The molecule has 2 N–H and O–H groups in total. The highest BCUT2D eigenvalue weighted by Gasteiger charge is 2.23. The molecule has 0 spiro atoms. The Morgan fingerprint density at radius 3 is 2.86 bits per heavy atom. The number of nitrogens with zero attached hydrogens (tertiary/aromatic N) is 2. The maximum atomic E-state index is 11.7. The summed E-state index contributed by atoms with van der Waals surface area (Å²) in [5.74, 6) is 0.609. The minimum Gasteiger partial charge on any atom is -0.331 e. The predicted molar refractivity (Wildman–Crippen MR) is 57.1 cm³/mol. The summed E-state index contributed by atoms with van der Waals surface area (Å²) in [7, 11) is 3.60. The van der Waals surface area contributed by atoms with Gasteiger partial charge in [0.25, 0.3) is 0 Å². The van der Waals surface area contributed by atoms with E-state index in [1.54, 1.807) is 19.0 Å². The first-order chi connectivity index (χ1) is 6.65. The lowest BCUT2D eigenvalue weighted by molar-refractivity contribution is 0.141. The fourth-order valence-corrected chi connectivity index (χ4v) is 1.99. The van der Waals surface area contributed by atoms with Gasteiger partial charge in [0.2, 0.25) is 0 Å². The third kappa shape index (κ3) is 2.87. The molecule has 82 valence electrons. The number of nitrogens with two attached hydrogens (primary N) is 1. The Kier molecular flexibility index (Phi) is 4.20. The molecule has 1 aliphatic rings. The quantitative estimate of drug-likeness (QED) is 0.712. The Balaban J connectivity index is 2.43. The average molecular weight is 199 g/mol. The van der Waals surface area contributed by atoms with Crippen LogP contribution >= 0.6 is 0 Å². The average Bonchev–Trinajstić information content (AvgIpc) is 2.17. The molecule has 0 saturated carbocycles. The predicted octanol–water partition coefficient (Wildman–Crippen LogP) is 0.729. The Bertz CT molecular complexity index is 192. The van der Waals surface area contributed by atoms with Crippen LogP contribution in [-0.4, -0.2) is 49.6 Å². The lowest BCUT2D eigenvalue weighted by Crippen LogP contribution is -2.45. The van der Waals surface area contributed by atoms with Crippen LogP contribution in [0.1, 0.15) is 19.3 Å². The van der Waals surface area contributed by atoms with Crippen molar-refractivity contribution in [3.05, 3.63) is 0 Å². The molecule has 2 amide bonds. The molecular formula is C10H21N3O. The number of likely N-dealkylation sites (tertiary alicyclic amines) is 1. The van der Waals surface area contributed by atoms with Gasteiger partial charge in [-0.15, -0.1) is 0 Å². The fraction of sp³-hybridized carbons (Fsp3) is 0.900. The molecule has 0 aromatic rings. The molecule has 1 fully saturated rings. The molecule has 1 aliphatic heterocycles. The number of hydrogen-bond donors (Lipinski definition) is 1. The molecule has 1 heterocycles. The van der Waals surface area contributed by atoms with E-state index in [-0.39, 0.29) is 6.03 Å². The second-order valence-electron chi connectivity index (χ2n) is 4.21. The maximum absolute atomic E-state index is 11.7. The van der Waals surface area contributed by atoms with E-state index in [9.17, 15) is 4.79 Å². The van der Waals surface area contributed by atoms with E-state index < -0.39 is 0 Å². The highest BCUT2D eigenvalue weighted by atomic mass is 16.2. The van der Waals surface area contributed by atoms with Gasteiger partial charge in [-0.2, -0.15) is 0 Å². The van der Waals surface area contributed by atoms with Gasteiger partial charge >= 0.3 is 6.03 Å². The largest absolute Gasteiger partial charge is 0.331 e. The summed E-state index contributed by atoms with van der Waals surface area (Å²) in [6.07, 6.45) is 3.37. The molecule has 1 rings (SSSR count). The third-order valence-corrected chi connectivity index (χ3v) is 2.75. The number of carbonyl (C=O) groups is 1. The van der Waals surface area contributed by atoms with Gasteiger partial charge in [0.1, 0.15) is 0 Å². The normalized spacial score (nSPS) is 22.2. The van der Waals surface area contributed by atoms with Crippen molar-refractivity contribution in [2.24, 2.45) is 11.7 Å². The van der Waals surface area contributed by atoms with Crippen LogP contribution in [0.5, 0.6) is 0 Å². The minimum absolute atomic E-state index is 0.131. The third-order valence-electron chi connectivity index (χ3n) is 2.75. The number of amides is 2. The lowest BCUT2D eigenvalue weighted by Gasteiger charge is -2.34. The maximum Gasteiger partial charge on any atom is 0.319 e. The van der Waals surface area contributed by atoms with Crippen molar-refractivity contribution >= 4 is 6.03 Å². The molecule has 0 aromatic heterocycles. The van der Waals surface area contributed by atoms with Gasteiger partial charge in [0.15, 0.2) is 0 Å². The first-order valence-electron chi connectivity index (χ1n) is 5.31. The number of hydrogen-bond acceptors (Lipinski definition) is 2. The fourth-order valence-electron chi connectivity index (χ4n) is 1.99. The monoisotopic (exact) mass is 199 g/mol. The number of rotatable bonds is 2. The van der Waals surface area contributed by atoms with E-state index in [4.69, 9.17) is 5.73 Å². The van der Waals surface area contributed by atoms with E-state index in [2.05, 4.69) is 0 Å². The summed E-state index contributed by atoms with van der Waals surface area (Å²) < 4.78 is 0. The molecular weight excluding hydrogens is 178 g/mol. The van der Waals surface area contributed by atoms with Crippen LogP contribution in [0, 0.1) is 5.92 Å². The van der Waals surface area contributed by atoms with Crippen LogP contribution in [-0.2, 0) is 0 Å². The highest BCUT2D eigenvalue weighted by molar-refractivity contribution is 5.73. The molecule has 1 saturated heterocycles. The first-order valence-corrected chi connectivity index (χ1v) is 5.31. The Morgan fingerprint density at radius 2 is 2.29 bits per heavy atom. The SMILES string of the molecule is CN(C)C(=O)N1CCCC(CCN)C1. The Hall–Kier alpha value is -0.770. The van der Waals surface area contributed by atoms with Gasteiger partial charge in [-0.1, -0.05) is 0 Å². The summed E-state index contributed by atoms with van der Waals surface area (Å²) >= 11 is 0. The van der Waals surface area contributed by atoms with Crippen molar-refractivity contribution in [3.63, 3.8) is 0 Å². The number of carbonyl (C=O) groups excluding carboxylic acids is 1. The molecule has 0 radical (unpaired) electrons. The van der Waals surface area contributed by atoms with Crippen LogP contribution < -0.4 is 5.73 Å². The standard InChI is InChI=1S/C10H21N3O/c1-12(2)10(14)13-7-3-4-9(8-13)5-6-11/h9H,3-8,11H2,1-2H3. The second-order valence-corrected chi connectivity index (χ2v) is 4.21. The number of piperidine rings is 1. The summed E-state index contributed by atoms with van der Waals surface area (Å²) in [5, 5.41) is 0. The van der Waals surface area contributed by atoms with Gasteiger partial charge in [0.05, 0.1) is 0 Å². The van der Waals surface area contributed by atoms with E-state index in [0.717, 1.165) is 32.5 Å². The summed E-state index contributed by atoms with van der Waals surface area (Å²) in [6.45, 7) is 2.51. The van der Waals surface area contributed by atoms with Gasteiger partial charge in [-0.25, -0.2) is 4.79 Å². The molecule has 0 aliphatic carbocycles. The van der Waals surface area contributed by atoms with Gasteiger partial charge in [0, 0.05) is 27.2 Å². The van der Waals surface area contributed by atoms with Gasteiger partial charge in [-0.3, -0.25) is 0 Å². The van der Waals surface area contributed by atoms with E-state index in [0.29, 0.717) is 5.92 Å². The Morgan fingerprint density at radius 1 is 1.57 bits per heavy atom. The smallest absolute Gasteiger partial charge is 0.319 e. The van der Waals surface area contributed by atoms with Crippen LogP contribution in [0.15, 0.2) is 0 Å². The van der Waals surface area contributed by atoms with E-state index in [1.807, 2.05) is 4.90 Å². The summed E-state index contributed by atoms with van der Waals surface area (Å²) in [6, 6.07) is 0.131. The zero-order valence-electron chi connectivity index (χ0n) is 9.20. The van der Waals surface area contributed by atoms with Crippen molar-refractivity contribution in [1.29, 1.82) is 0 Å². The van der Waals surface area contributed by atoms with Crippen molar-refractivity contribution in [2.75, 3.05) is 33.7 Å². The van der Waals surface area contributed by atoms with Gasteiger partial charge < -0.3 is 15.5 Å². The second kappa shape index (κ2) is 5.20. The summed E-state index contributed by atoms with van der Waals surface area (Å²) in [4.78, 5) is 15.2. The van der Waals surface area contributed by atoms with Crippen molar-refractivity contribution in [1.82, 2.24) is 9.80 Å². The molecule has 14 heavy (non-hydrogen) atoms. The van der Waals surface area contributed by atoms with Crippen molar-refractivity contribution in [2.45, 2.75) is 19.3 Å². The molecule has 1 atom stereocenters. The van der Waals surface area contributed by atoms with Crippen LogP contribution in [0.3, 0.4) is 0 Å². The van der Waals surface area contributed by atoms with Crippen molar-refractivity contribution in [3.8, 4) is 0 Å². The van der Waals surface area contributed by atoms with E-state index in [1.165, 1.54) is 6.42 Å². The Labute approximate surface area is 86.0 Å². The summed E-state index contributed by atoms with van der Waals surface area (Å²) in [5.41, 5.74) is 5.53.